The Hall–Kier alpha value is -2.18. The minimum atomic E-state index is -0.0712. The summed E-state index contributed by atoms with van der Waals surface area (Å²) >= 11 is 1.80. The second-order valence-electron chi connectivity index (χ2n) is 6.00. The highest BCUT2D eigenvalue weighted by Gasteiger charge is 2.19. The molecule has 0 unspecified atom stereocenters. The number of hydrogen-bond donors (Lipinski definition) is 2. The Morgan fingerprint density at radius 1 is 1.08 bits per heavy atom. The molecule has 1 aliphatic rings. The normalized spacial score (nSPS) is 13.0. The summed E-state index contributed by atoms with van der Waals surface area (Å²) < 4.78 is 0. The van der Waals surface area contributed by atoms with Gasteiger partial charge in [0.1, 0.15) is 17.0 Å². The smallest absolute Gasteiger partial charge is 0.221 e. The molecule has 3 aromatic rings. The average Bonchev–Trinajstić information content (AvgIpc) is 2.96. The van der Waals surface area contributed by atoms with E-state index in [-0.39, 0.29) is 18.3 Å². The average molecular weight is 375 g/mol. The number of anilines is 3. The molecule has 0 aliphatic heterocycles. The zero-order valence-electron chi connectivity index (χ0n) is 13.8. The highest BCUT2D eigenvalue weighted by Crippen LogP contribution is 2.38. The van der Waals surface area contributed by atoms with Crippen molar-refractivity contribution in [3.05, 3.63) is 41.0 Å². The Morgan fingerprint density at radius 3 is 2.56 bits per heavy atom. The molecular weight excluding hydrogens is 356 g/mol. The number of thiophene rings is 1. The van der Waals surface area contributed by atoms with Gasteiger partial charge in [-0.15, -0.1) is 23.7 Å². The number of hydrogen-bond acceptors (Lipinski definition) is 5. The van der Waals surface area contributed by atoms with Crippen LogP contribution >= 0.6 is 23.7 Å². The molecule has 1 aromatic carbocycles. The molecule has 2 aromatic heterocycles. The van der Waals surface area contributed by atoms with Crippen molar-refractivity contribution in [2.45, 2.75) is 32.6 Å². The van der Waals surface area contributed by atoms with Gasteiger partial charge in [0.2, 0.25) is 5.91 Å². The molecule has 5 nitrogen and oxygen atoms in total. The number of nitrogens with zero attached hydrogens (tertiary/aromatic N) is 2. The van der Waals surface area contributed by atoms with Gasteiger partial charge in [0, 0.05) is 23.2 Å². The summed E-state index contributed by atoms with van der Waals surface area (Å²) in [5.41, 5.74) is 3.15. The molecule has 0 fully saturated rings. The molecule has 1 aliphatic carbocycles. The number of fused-ring (bicyclic) bond motifs is 3. The highest BCUT2D eigenvalue weighted by atomic mass is 35.5. The van der Waals surface area contributed by atoms with Gasteiger partial charge in [-0.3, -0.25) is 4.79 Å². The Balaban J connectivity index is 0.00000182. The lowest BCUT2D eigenvalue weighted by molar-refractivity contribution is -0.114. The summed E-state index contributed by atoms with van der Waals surface area (Å²) in [7, 11) is 0. The fourth-order valence-corrected chi connectivity index (χ4v) is 4.39. The number of aryl methyl sites for hydroxylation is 2. The lowest BCUT2D eigenvalue weighted by Gasteiger charge is -2.12. The number of carbonyl (C=O) groups excluding carboxylic acids is 1. The van der Waals surface area contributed by atoms with Crippen molar-refractivity contribution in [2.75, 3.05) is 10.6 Å². The van der Waals surface area contributed by atoms with Crippen LogP contribution in [0.1, 0.15) is 30.2 Å². The number of amides is 1. The first-order valence-corrected chi connectivity index (χ1v) is 8.92. The van der Waals surface area contributed by atoms with Crippen LogP contribution in [-0.4, -0.2) is 15.9 Å². The number of halogens is 1. The third kappa shape index (κ3) is 3.60. The van der Waals surface area contributed by atoms with Crippen molar-refractivity contribution in [3.63, 3.8) is 0 Å². The van der Waals surface area contributed by atoms with Crippen molar-refractivity contribution in [1.82, 2.24) is 9.97 Å². The molecule has 0 saturated heterocycles. The second-order valence-corrected chi connectivity index (χ2v) is 7.08. The van der Waals surface area contributed by atoms with Crippen molar-refractivity contribution >= 4 is 57.1 Å². The largest absolute Gasteiger partial charge is 0.340 e. The molecule has 0 atom stereocenters. The second kappa shape index (κ2) is 7.37. The monoisotopic (exact) mass is 374 g/mol. The van der Waals surface area contributed by atoms with E-state index in [2.05, 4.69) is 20.6 Å². The summed E-state index contributed by atoms with van der Waals surface area (Å²) in [5, 5.41) is 7.35. The van der Waals surface area contributed by atoms with Crippen LogP contribution in [0.2, 0.25) is 0 Å². The Morgan fingerprint density at radius 2 is 1.80 bits per heavy atom. The first-order chi connectivity index (χ1) is 11.7. The van der Waals surface area contributed by atoms with Gasteiger partial charge in [-0.1, -0.05) is 0 Å². The van der Waals surface area contributed by atoms with Crippen LogP contribution in [0.15, 0.2) is 30.6 Å². The van der Waals surface area contributed by atoms with E-state index in [9.17, 15) is 4.79 Å². The topological polar surface area (TPSA) is 66.9 Å². The van der Waals surface area contributed by atoms with E-state index in [0.717, 1.165) is 34.9 Å². The first kappa shape index (κ1) is 17.6. The van der Waals surface area contributed by atoms with Crippen LogP contribution in [0, 0.1) is 0 Å². The van der Waals surface area contributed by atoms with Crippen LogP contribution in [0.4, 0.5) is 17.2 Å². The number of aromatic nitrogens is 2. The van der Waals surface area contributed by atoms with Gasteiger partial charge in [0.15, 0.2) is 0 Å². The first-order valence-electron chi connectivity index (χ1n) is 8.10. The van der Waals surface area contributed by atoms with Crippen molar-refractivity contribution in [3.8, 4) is 0 Å². The molecule has 1 amide bonds. The lowest BCUT2D eigenvalue weighted by Crippen LogP contribution is -2.05. The molecule has 2 N–H and O–H groups in total. The maximum atomic E-state index is 11.1. The Labute approximate surface area is 156 Å². The Kier molecular flexibility index (Phi) is 5.20. The molecular formula is C18H19ClN4OS. The number of benzene rings is 1. The predicted molar refractivity (Wildman–Crippen MR) is 105 cm³/mol. The third-order valence-corrected chi connectivity index (χ3v) is 5.42. The van der Waals surface area contributed by atoms with Gasteiger partial charge in [0.05, 0.1) is 5.39 Å². The van der Waals surface area contributed by atoms with Gasteiger partial charge >= 0.3 is 0 Å². The van der Waals surface area contributed by atoms with E-state index in [0.29, 0.717) is 0 Å². The summed E-state index contributed by atoms with van der Waals surface area (Å²) in [5.74, 6) is 0.796. The van der Waals surface area contributed by atoms with Gasteiger partial charge in [-0.2, -0.15) is 0 Å². The highest BCUT2D eigenvalue weighted by molar-refractivity contribution is 7.19. The molecule has 0 saturated carbocycles. The van der Waals surface area contributed by atoms with E-state index in [1.54, 1.807) is 17.7 Å². The zero-order chi connectivity index (χ0) is 16.5. The third-order valence-electron chi connectivity index (χ3n) is 4.22. The molecule has 0 spiro atoms. The van der Waals surface area contributed by atoms with E-state index in [1.165, 1.54) is 35.6 Å². The quantitative estimate of drug-likeness (QED) is 0.697. The fraction of sp³-hybridized carbons (Fsp3) is 0.278. The molecule has 4 rings (SSSR count). The predicted octanol–water partition coefficient (Wildman–Crippen LogP) is 4.69. The number of nitrogens with one attached hydrogen (secondary N) is 2. The molecule has 25 heavy (non-hydrogen) atoms. The minimum absolute atomic E-state index is 0. The SMILES string of the molecule is CC(=O)Nc1ccc(Nc2ncnc3sc4c(c23)CCCC4)cc1.Cl. The maximum absolute atomic E-state index is 11.1. The maximum Gasteiger partial charge on any atom is 0.221 e. The molecule has 0 radical (unpaired) electrons. The number of carbonyl (C=O) groups is 1. The number of rotatable bonds is 3. The fourth-order valence-electron chi connectivity index (χ4n) is 3.16. The zero-order valence-corrected chi connectivity index (χ0v) is 15.5. The van der Waals surface area contributed by atoms with Crippen molar-refractivity contribution in [2.24, 2.45) is 0 Å². The minimum Gasteiger partial charge on any atom is -0.340 e. The summed E-state index contributed by atoms with van der Waals surface area (Å²) in [6, 6.07) is 7.65. The van der Waals surface area contributed by atoms with Gasteiger partial charge < -0.3 is 10.6 Å². The molecule has 2 heterocycles. The van der Waals surface area contributed by atoms with Crippen LogP contribution in [0.5, 0.6) is 0 Å². The van der Waals surface area contributed by atoms with Crippen LogP contribution in [-0.2, 0) is 17.6 Å². The van der Waals surface area contributed by atoms with E-state index >= 15 is 0 Å². The molecule has 130 valence electrons. The van der Waals surface area contributed by atoms with Gasteiger partial charge in [-0.25, -0.2) is 9.97 Å². The Bertz CT molecular complexity index is 907. The summed E-state index contributed by atoms with van der Waals surface area (Å²) in [4.78, 5) is 22.5. The lowest BCUT2D eigenvalue weighted by atomic mass is 9.97. The van der Waals surface area contributed by atoms with E-state index in [4.69, 9.17) is 0 Å². The summed E-state index contributed by atoms with van der Waals surface area (Å²) in [6.45, 7) is 1.50. The van der Waals surface area contributed by atoms with Gasteiger partial charge in [0.25, 0.3) is 0 Å². The molecule has 0 bridgehead atoms. The van der Waals surface area contributed by atoms with E-state index in [1.807, 2.05) is 24.3 Å². The van der Waals surface area contributed by atoms with Crippen LogP contribution in [0.25, 0.3) is 10.2 Å². The van der Waals surface area contributed by atoms with Crippen LogP contribution in [0.3, 0.4) is 0 Å². The van der Waals surface area contributed by atoms with Crippen molar-refractivity contribution in [1.29, 1.82) is 0 Å². The van der Waals surface area contributed by atoms with Crippen molar-refractivity contribution < 1.29 is 4.79 Å². The van der Waals surface area contributed by atoms with E-state index < -0.39 is 0 Å². The molecule has 7 heteroatoms. The standard InChI is InChI=1S/C18H18N4OS.ClH/c1-11(23)21-12-6-8-13(9-7-12)22-17-16-14-4-2-3-5-15(14)24-18(16)20-10-19-17;/h6-10H,2-5H2,1H3,(H,21,23)(H,19,20,22);1H. The van der Waals surface area contributed by atoms with Crippen LogP contribution < -0.4 is 10.6 Å². The summed E-state index contributed by atoms with van der Waals surface area (Å²) in [6.07, 6.45) is 6.39. The van der Waals surface area contributed by atoms with Gasteiger partial charge in [-0.05, 0) is 55.5 Å².